The Balaban J connectivity index is 1.56. The molecule has 0 aliphatic heterocycles. The van der Waals surface area contributed by atoms with Gasteiger partial charge in [-0.2, -0.15) is 0 Å². The number of carbonyl (C=O) groups is 2. The highest BCUT2D eigenvalue weighted by molar-refractivity contribution is 7.89. The summed E-state index contributed by atoms with van der Waals surface area (Å²) < 4.78 is 43.5. The summed E-state index contributed by atoms with van der Waals surface area (Å²) in [6.07, 6.45) is 4.99. The number of hydrogen-bond donors (Lipinski definition) is 5. The highest BCUT2D eigenvalue weighted by atomic mass is 32.2. The van der Waals surface area contributed by atoms with Crippen LogP contribution in [0.3, 0.4) is 0 Å². The number of sulfonamides is 1. The number of carbonyl (C=O) groups excluding carboxylic acids is 1. The van der Waals surface area contributed by atoms with E-state index in [0.29, 0.717) is 23.3 Å². The summed E-state index contributed by atoms with van der Waals surface area (Å²) in [5.74, 6) is -0.394. The van der Waals surface area contributed by atoms with Crippen LogP contribution < -0.4 is 20.7 Å². The molecule has 11 nitrogen and oxygen atoms in total. The normalized spacial score (nSPS) is 17.6. The van der Waals surface area contributed by atoms with E-state index in [2.05, 4.69) is 30.6 Å². The fraction of sp³-hybridized carbons (Fsp3) is 0.407. The molecule has 0 bridgehead atoms. The molecule has 41 heavy (non-hydrogen) atoms. The number of halogens is 1. The molecule has 1 saturated carbocycles. The van der Waals surface area contributed by atoms with Crippen molar-refractivity contribution in [2.75, 3.05) is 5.32 Å². The van der Waals surface area contributed by atoms with Gasteiger partial charge >= 0.3 is 12.1 Å². The van der Waals surface area contributed by atoms with E-state index in [1.165, 1.54) is 35.7 Å². The van der Waals surface area contributed by atoms with Gasteiger partial charge in [0, 0.05) is 41.1 Å². The van der Waals surface area contributed by atoms with Crippen LogP contribution in [-0.2, 0) is 16.6 Å². The molecule has 1 aliphatic rings. The van der Waals surface area contributed by atoms with Crippen molar-refractivity contribution in [3.8, 4) is 10.4 Å². The van der Waals surface area contributed by atoms with Gasteiger partial charge < -0.3 is 21.1 Å². The molecule has 1 aliphatic carbocycles. The summed E-state index contributed by atoms with van der Waals surface area (Å²) in [7, 11) is -4.02. The number of pyridine rings is 1. The Morgan fingerprint density at radius 3 is 2.51 bits per heavy atom. The zero-order valence-electron chi connectivity index (χ0n) is 22.9. The second-order valence-corrected chi connectivity index (χ2v) is 13.6. The number of nitrogens with zero attached hydrogens (tertiary/aromatic N) is 2. The van der Waals surface area contributed by atoms with Crippen LogP contribution in [0.2, 0.25) is 0 Å². The molecular weight excluding hydrogens is 571 g/mol. The molecule has 0 radical (unpaired) electrons. The number of urea groups is 1. The van der Waals surface area contributed by atoms with Gasteiger partial charge in [0.15, 0.2) is 0 Å². The Kier molecular flexibility index (Phi) is 9.24. The van der Waals surface area contributed by atoms with E-state index in [-0.39, 0.29) is 34.8 Å². The lowest BCUT2D eigenvalue weighted by Gasteiger charge is -2.27. The number of nitrogens with one attached hydrogen (secondary N) is 4. The van der Waals surface area contributed by atoms with Gasteiger partial charge in [-0.05, 0) is 70.7 Å². The van der Waals surface area contributed by atoms with Crippen molar-refractivity contribution in [2.24, 2.45) is 0 Å². The molecule has 220 valence electrons. The number of thiazole rings is 1. The third kappa shape index (κ3) is 8.21. The van der Waals surface area contributed by atoms with E-state index < -0.39 is 33.5 Å². The van der Waals surface area contributed by atoms with Crippen molar-refractivity contribution in [1.29, 1.82) is 0 Å². The standard InChI is InChI=1S/C27H33FN6O5S2/c1-27(2,3)34-41(38,39)23-13-18(32-25(35)31-14-21-20(28)5-4-12-29-21)10-11-19(23)22-15-30-24(40-22)16-6-8-17(9-7-16)33-26(36)37/h4-5,10-13,15-17,33-34H,6-9,14H2,1-3H3,(H,36,37)(H2,31,32,35). The molecule has 4 rings (SSSR count). The molecule has 2 heterocycles. The third-order valence-corrected chi connectivity index (χ3v) is 9.40. The number of benzene rings is 1. The van der Waals surface area contributed by atoms with Gasteiger partial charge in [0.1, 0.15) is 5.82 Å². The second-order valence-electron chi connectivity index (χ2n) is 10.9. The first-order chi connectivity index (χ1) is 19.3. The SMILES string of the molecule is CC(C)(C)NS(=O)(=O)c1cc(NC(=O)NCc2ncccc2F)ccc1-c1cnc(C2CCC(NC(=O)O)CC2)s1. The van der Waals surface area contributed by atoms with E-state index in [1.54, 1.807) is 39.1 Å². The van der Waals surface area contributed by atoms with Gasteiger partial charge in [-0.3, -0.25) is 4.98 Å². The van der Waals surface area contributed by atoms with Crippen molar-refractivity contribution < 1.29 is 27.5 Å². The van der Waals surface area contributed by atoms with Crippen LogP contribution in [0, 0.1) is 5.82 Å². The second kappa shape index (κ2) is 12.5. The van der Waals surface area contributed by atoms with Gasteiger partial charge in [-0.15, -0.1) is 11.3 Å². The first-order valence-corrected chi connectivity index (χ1v) is 15.4. The van der Waals surface area contributed by atoms with Gasteiger partial charge in [0.25, 0.3) is 0 Å². The minimum Gasteiger partial charge on any atom is -0.465 e. The smallest absolute Gasteiger partial charge is 0.404 e. The Morgan fingerprint density at radius 1 is 1.12 bits per heavy atom. The largest absolute Gasteiger partial charge is 0.465 e. The topological polar surface area (TPSA) is 162 Å². The summed E-state index contributed by atoms with van der Waals surface area (Å²) >= 11 is 1.40. The van der Waals surface area contributed by atoms with E-state index >= 15 is 0 Å². The van der Waals surface area contributed by atoms with Crippen LogP contribution in [0.15, 0.2) is 47.6 Å². The quantitative estimate of drug-likeness (QED) is 0.241. The zero-order valence-corrected chi connectivity index (χ0v) is 24.5. The minimum atomic E-state index is -4.02. The van der Waals surface area contributed by atoms with E-state index in [0.717, 1.165) is 17.8 Å². The maximum atomic E-state index is 13.8. The van der Waals surface area contributed by atoms with Crippen LogP contribution in [0.1, 0.15) is 63.1 Å². The molecule has 5 N–H and O–H groups in total. The molecule has 3 amide bonds. The van der Waals surface area contributed by atoms with Crippen LogP contribution in [0.25, 0.3) is 10.4 Å². The lowest BCUT2D eigenvalue weighted by Crippen LogP contribution is -2.40. The fourth-order valence-electron chi connectivity index (χ4n) is 4.63. The van der Waals surface area contributed by atoms with Crippen LogP contribution in [0.5, 0.6) is 0 Å². The zero-order chi connectivity index (χ0) is 29.8. The Labute approximate surface area is 242 Å². The number of hydrogen-bond acceptors (Lipinski definition) is 7. The Bertz CT molecular complexity index is 1510. The summed E-state index contributed by atoms with van der Waals surface area (Å²) in [4.78, 5) is 32.6. The molecule has 0 atom stereocenters. The lowest BCUT2D eigenvalue weighted by atomic mass is 9.86. The van der Waals surface area contributed by atoms with E-state index in [1.807, 2.05) is 0 Å². The lowest BCUT2D eigenvalue weighted by molar-refractivity contribution is 0.185. The van der Waals surface area contributed by atoms with Crippen LogP contribution >= 0.6 is 11.3 Å². The molecular formula is C27H33FN6O5S2. The Morgan fingerprint density at radius 2 is 1.85 bits per heavy atom. The Hall–Kier alpha value is -3.62. The third-order valence-electron chi connectivity index (χ3n) is 6.41. The summed E-state index contributed by atoms with van der Waals surface area (Å²) in [5.41, 5.74) is -0.0157. The maximum Gasteiger partial charge on any atom is 0.404 e. The van der Waals surface area contributed by atoms with Crippen molar-refractivity contribution in [3.63, 3.8) is 0 Å². The molecule has 0 spiro atoms. The number of aromatic nitrogens is 2. The molecule has 1 fully saturated rings. The highest BCUT2D eigenvalue weighted by Crippen LogP contribution is 2.40. The van der Waals surface area contributed by atoms with Crippen molar-refractivity contribution in [2.45, 2.75) is 75.4 Å². The number of anilines is 1. The van der Waals surface area contributed by atoms with E-state index in [9.17, 15) is 22.4 Å². The van der Waals surface area contributed by atoms with Gasteiger partial charge in [-0.25, -0.2) is 32.1 Å². The van der Waals surface area contributed by atoms with Crippen molar-refractivity contribution in [1.82, 2.24) is 25.3 Å². The summed E-state index contributed by atoms with van der Waals surface area (Å²) in [5, 5.41) is 17.5. The van der Waals surface area contributed by atoms with E-state index in [4.69, 9.17) is 5.11 Å². The van der Waals surface area contributed by atoms with Gasteiger partial charge in [-0.1, -0.05) is 6.07 Å². The average molecular weight is 605 g/mol. The molecule has 14 heteroatoms. The number of rotatable bonds is 8. The maximum absolute atomic E-state index is 13.8. The summed E-state index contributed by atoms with van der Waals surface area (Å²) in [6, 6.07) is 6.56. The van der Waals surface area contributed by atoms with Gasteiger partial charge in [0.2, 0.25) is 10.0 Å². The predicted octanol–water partition coefficient (Wildman–Crippen LogP) is 5.04. The van der Waals surface area contributed by atoms with Gasteiger partial charge in [0.05, 0.1) is 27.0 Å². The first kappa shape index (κ1) is 30.3. The predicted molar refractivity (Wildman–Crippen MR) is 154 cm³/mol. The molecule has 1 aromatic carbocycles. The van der Waals surface area contributed by atoms with Crippen LogP contribution in [0.4, 0.5) is 19.7 Å². The summed E-state index contributed by atoms with van der Waals surface area (Å²) in [6.45, 7) is 5.05. The molecule has 0 unspecified atom stereocenters. The van der Waals surface area contributed by atoms with Crippen LogP contribution in [-0.4, -0.2) is 47.2 Å². The minimum absolute atomic E-state index is 0.0226. The number of carboxylic acid groups (broad SMARTS) is 1. The van der Waals surface area contributed by atoms with Crippen molar-refractivity contribution in [3.05, 3.63) is 59.2 Å². The monoisotopic (exact) mass is 604 g/mol. The molecule has 0 saturated heterocycles. The fourth-order valence-corrected chi connectivity index (χ4v) is 7.49. The molecule has 3 aromatic rings. The first-order valence-electron chi connectivity index (χ1n) is 13.1. The molecule has 2 aromatic heterocycles. The number of amides is 3. The average Bonchev–Trinajstić information content (AvgIpc) is 3.37. The highest BCUT2D eigenvalue weighted by Gasteiger charge is 2.29. The van der Waals surface area contributed by atoms with Crippen molar-refractivity contribution >= 4 is 39.2 Å².